The molecule has 0 fully saturated rings. The summed E-state index contributed by atoms with van der Waals surface area (Å²) in [6, 6.07) is 3.24. The molecule has 0 bridgehead atoms. The van der Waals surface area contributed by atoms with Crippen molar-refractivity contribution < 1.29 is 21.8 Å². The van der Waals surface area contributed by atoms with Crippen LogP contribution in [-0.2, 0) is 23.5 Å². The molecule has 0 aliphatic heterocycles. The van der Waals surface area contributed by atoms with Crippen LogP contribution in [0.3, 0.4) is 0 Å². The van der Waals surface area contributed by atoms with Crippen molar-refractivity contribution >= 4 is 10.1 Å². The Morgan fingerprint density at radius 2 is 1.86 bits per heavy atom. The summed E-state index contributed by atoms with van der Waals surface area (Å²) in [6.45, 7) is -1.87. The molecule has 0 heterocycles. The Labute approximate surface area is 80.1 Å². The molecule has 1 aromatic rings. The van der Waals surface area contributed by atoms with E-state index >= 15 is 0 Å². The Balaban J connectivity index is 3.33. The molecule has 0 amide bonds. The molecule has 78 valence electrons. The van der Waals surface area contributed by atoms with E-state index in [2.05, 4.69) is 0 Å². The van der Waals surface area contributed by atoms with E-state index in [0.717, 1.165) is 12.1 Å². The first-order chi connectivity index (χ1) is 6.49. The maximum atomic E-state index is 12.3. The Morgan fingerprint density at radius 3 is 2.29 bits per heavy atom. The highest BCUT2D eigenvalue weighted by atomic mass is 32.2. The Morgan fingerprint density at radius 1 is 1.21 bits per heavy atom. The standard InChI is InChI=1S/C8H8F2O3S/c9-4-6-1-2-8(14(11,12)13)7(3-6)5-10/h1-3H,4-5H2,(H,11,12,13). The third kappa shape index (κ3) is 2.27. The lowest BCUT2D eigenvalue weighted by molar-refractivity contribution is 0.457. The molecule has 0 unspecified atom stereocenters. The second kappa shape index (κ2) is 4.02. The predicted octanol–water partition coefficient (Wildman–Crippen LogP) is 1.87. The number of halogens is 2. The molecule has 0 aliphatic carbocycles. The molecule has 1 rings (SSSR count). The van der Waals surface area contributed by atoms with E-state index in [9.17, 15) is 17.2 Å². The minimum Gasteiger partial charge on any atom is -0.282 e. The molecule has 0 radical (unpaired) electrons. The summed E-state index contributed by atoms with van der Waals surface area (Å²) in [5.41, 5.74) is -0.0623. The van der Waals surface area contributed by atoms with Crippen LogP contribution in [0, 0.1) is 0 Å². The van der Waals surface area contributed by atoms with Gasteiger partial charge in [0.25, 0.3) is 10.1 Å². The molecule has 0 aliphatic rings. The van der Waals surface area contributed by atoms with E-state index in [-0.39, 0.29) is 11.1 Å². The van der Waals surface area contributed by atoms with Crippen LogP contribution in [0.25, 0.3) is 0 Å². The summed E-state index contributed by atoms with van der Waals surface area (Å²) in [5, 5.41) is 0. The van der Waals surface area contributed by atoms with Crippen molar-refractivity contribution in [3.05, 3.63) is 29.3 Å². The van der Waals surface area contributed by atoms with Gasteiger partial charge in [0, 0.05) is 5.56 Å². The summed E-state index contributed by atoms with van der Waals surface area (Å²) >= 11 is 0. The van der Waals surface area contributed by atoms with Gasteiger partial charge in [-0.15, -0.1) is 0 Å². The quantitative estimate of drug-likeness (QED) is 0.794. The average molecular weight is 222 g/mol. The van der Waals surface area contributed by atoms with Gasteiger partial charge in [0.2, 0.25) is 0 Å². The first-order valence-corrected chi connectivity index (χ1v) is 5.14. The van der Waals surface area contributed by atoms with Crippen molar-refractivity contribution in [2.24, 2.45) is 0 Å². The maximum Gasteiger partial charge on any atom is 0.294 e. The fraction of sp³-hybridized carbons (Fsp3) is 0.250. The zero-order valence-corrected chi connectivity index (χ0v) is 7.89. The van der Waals surface area contributed by atoms with Crippen LogP contribution in [0.4, 0.5) is 8.78 Å². The summed E-state index contributed by atoms with van der Waals surface area (Å²) < 4.78 is 54.6. The summed E-state index contributed by atoms with van der Waals surface area (Å²) in [6.07, 6.45) is 0. The van der Waals surface area contributed by atoms with Gasteiger partial charge in [0.1, 0.15) is 13.3 Å². The Kier molecular flexibility index (Phi) is 3.17. The second-order valence-corrected chi connectivity index (χ2v) is 4.07. The molecule has 0 aromatic heterocycles. The number of benzene rings is 1. The SMILES string of the molecule is O=S(=O)(O)c1ccc(CF)cc1CF. The molecular formula is C8H8F2O3S. The van der Waals surface area contributed by atoms with E-state index in [1.54, 1.807) is 0 Å². The number of alkyl halides is 2. The lowest BCUT2D eigenvalue weighted by Crippen LogP contribution is -2.02. The molecule has 0 saturated heterocycles. The van der Waals surface area contributed by atoms with Gasteiger partial charge in [-0.1, -0.05) is 6.07 Å². The van der Waals surface area contributed by atoms with Crippen molar-refractivity contribution in [3.63, 3.8) is 0 Å². The fourth-order valence-electron chi connectivity index (χ4n) is 1.07. The van der Waals surface area contributed by atoms with E-state index in [4.69, 9.17) is 4.55 Å². The highest BCUT2D eigenvalue weighted by Gasteiger charge is 2.15. The van der Waals surface area contributed by atoms with Crippen molar-refractivity contribution in [1.29, 1.82) is 0 Å². The summed E-state index contributed by atoms with van der Waals surface area (Å²) in [7, 11) is -4.43. The van der Waals surface area contributed by atoms with Crippen LogP contribution in [0.1, 0.15) is 11.1 Å². The van der Waals surface area contributed by atoms with Gasteiger partial charge in [0.05, 0.1) is 4.90 Å². The zero-order valence-electron chi connectivity index (χ0n) is 7.07. The summed E-state index contributed by atoms with van der Waals surface area (Å²) in [5.74, 6) is 0. The minimum atomic E-state index is -4.43. The summed E-state index contributed by atoms with van der Waals surface area (Å²) in [4.78, 5) is -0.516. The minimum absolute atomic E-state index is 0.171. The van der Waals surface area contributed by atoms with Crippen molar-refractivity contribution in [3.8, 4) is 0 Å². The fourth-order valence-corrected chi connectivity index (χ4v) is 1.76. The molecule has 0 saturated carbocycles. The Bertz CT molecular complexity index is 428. The van der Waals surface area contributed by atoms with E-state index in [1.807, 2.05) is 0 Å². The van der Waals surface area contributed by atoms with Gasteiger partial charge in [-0.25, -0.2) is 8.78 Å². The largest absolute Gasteiger partial charge is 0.294 e. The molecular weight excluding hydrogens is 214 g/mol. The third-order valence-electron chi connectivity index (χ3n) is 1.70. The van der Waals surface area contributed by atoms with E-state index in [1.165, 1.54) is 6.07 Å². The number of hydrogen-bond acceptors (Lipinski definition) is 2. The van der Waals surface area contributed by atoms with Gasteiger partial charge in [-0.3, -0.25) is 4.55 Å². The van der Waals surface area contributed by atoms with Gasteiger partial charge in [0.15, 0.2) is 0 Å². The highest BCUT2D eigenvalue weighted by Crippen LogP contribution is 2.18. The number of hydrogen-bond donors (Lipinski definition) is 1. The van der Waals surface area contributed by atoms with Gasteiger partial charge in [-0.2, -0.15) is 8.42 Å². The number of rotatable bonds is 3. The van der Waals surface area contributed by atoms with Crippen LogP contribution in [0.15, 0.2) is 23.1 Å². The van der Waals surface area contributed by atoms with E-state index < -0.39 is 28.4 Å². The maximum absolute atomic E-state index is 12.3. The lowest BCUT2D eigenvalue weighted by atomic mass is 10.1. The van der Waals surface area contributed by atoms with Crippen LogP contribution in [0.2, 0.25) is 0 Å². The van der Waals surface area contributed by atoms with Crippen molar-refractivity contribution in [2.75, 3.05) is 0 Å². The van der Waals surface area contributed by atoms with Crippen LogP contribution >= 0.6 is 0 Å². The molecule has 1 N–H and O–H groups in total. The normalized spacial score (nSPS) is 11.6. The van der Waals surface area contributed by atoms with Gasteiger partial charge >= 0.3 is 0 Å². The second-order valence-electron chi connectivity index (χ2n) is 2.68. The molecule has 1 aromatic carbocycles. The third-order valence-corrected chi connectivity index (χ3v) is 2.66. The molecule has 6 heteroatoms. The first kappa shape index (κ1) is 11.1. The zero-order chi connectivity index (χ0) is 10.8. The average Bonchev–Trinajstić information content (AvgIpc) is 2.15. The predicted molar refractivity (Wildman–Crippen MR) is 45.9 cm³/mol. The van der Waals surface area contributed by atoms with Crippen LogP contribution in [-0.4, -0.2) is 13.0 Å². The smallest absolute Gasteiger partial charge is 0.282 e. The van der Waals surface area contributed by atoms with E-state index in [0.29, 0.717) is 0 Å². The first-order valence-electron chi connectivity index (χ1n) is 3.70. The van der Waals surface area contributed by atoms with Crippen molar-refractivity contribution in [1.82, 2.24) is 0 Å². The molecule has 3 nitrogen and oxygen atoms in total. The van der Waals surface area contributed by atoms with Gasteiger partial charge in [-0.05, 0) is 17.7 Å². The topological polar surface area (TPSA) is 54.4 Å². The molecule has 0 spiro atoms. The van der Waals surface area contributed by atoms with Crippen LogP contribution in [0.5, 0.6) is 0 Å². The van der Waals surface area contributed by atoms with Crippen LogP contribution < -0.4 is 0 Å². The molecule has 14 heavy (non-hydrogen) atoms. The van der Waals surface area contributed by atoms with Gasteiger partial charge < -0.3 is 0 Å². The molecule has 0 atom stereocenters. The van der Waals surface area contributed by atoms with Crippen molar-refractivity contribution in [2.45, 2.75) is 18.2 Å². The Hall–Kier alpha value is -1.01. The lowest BCUT2D eigenvalue weighted by Gasteiger charge is -2.04. The highest BCUT2D eigenvalue weighted by molar-refractivity contribution is 7.85. The monoisotopic (exact) mass is 222 g/mol.